The van der Waals surface area contributed by atoms with E-state index < -0.39 is 28.0 Å². The maximum atomic E-state index is 9.81. The van der Waals surface area contributed by atoms with Gasteiger partial charge in [-0.1, -0.05) is 0 Å². The van der Waals surface area contributed by atoms with Crippen molar-refractivity contribution in [1.29, 1.82) is 0 Å². The van der Waals surface area contributed by atoms with Crippen molar-refractivity contribution in [3.05, 3.63) is 0 Å². The van der Waals surface area contributed by atoms with Gasteiger partial charge in [-0.05, 0) is 0 Å². The van der Waals surface area contributed by atoms with Crippen LogP contribution in [0.15, 0.2) is 0 Å². The predicted octanol–water partition coefficient (Wildman–Crippen LogP) is -0.167. The van der Waals surface area contributed by atoms with Gasteiger partial charge in [-0.2, -0.15) is 0 Å². The molecule has 0 unspecified atom stereocenters. The molecule has 1 aliphatic rings. The fraction of sp³-hybridized carbons (Fsp3) is 0. The molecule has 1 fully saturated rings. The van der Waals surface area contributed by atoms with Crippen LogP contribution in [0.2, 0.25) is 0 Å². The first kappa shape index (κ1) is 6.22. The zero-order valence-electron chi connectivity index (χ0n) is 3.94. The molecule has 0 saturated carbocycles. The minimum absolute atomic E-state index is 0.865. The number of carbonyl (C=O) groups is 2. The summed E-state index contributed by atoms with van der Waals surface area (Å²) in [7, 11) is 0. The minimum atomic E-state index is -2.63. The molecule has 7 heteroatoms. The second kappa shape index (κ2) is 2.14. The van der Waals surface area contributed by atoms with E-state index in [0.717, 1.165) is 0 Å². The Morgan fingerprint density at radius 1 is 1.67 bits per heavy atom. The Bertz CT molecular complexity index is 145. The summed E-state index contributed by atoms with van der Waals surface area (Å²) < 4.78 is 12.2. The molecule has 0 radical (unpaired) electrons. The molecular formula is C2HAsO6. The number of hydrogen-bond acceptors (Lipinski definition) is 5. The molecule has 1 heterocycles. The fourth-order valence-corrected chi connectivity index (χ4v) is 1.19. The Kier molecular flexibility index (Phi) is 1.48. The fourth-order valence-electron chi connectivity index (χ4n) is 0.230. The van der Waals surface area contributed by atoms with Crippen LogP contribution >= 0.6 is 0 Å². The summed E-state index contributed by atoms with van der Waals surface area (Å²) in [5.41, 5.74) is 0. The first-order valence-electron chi connectivity index (χ1n) is 1.79. The zero-order valence-corrected chi connectivity index (χ0v) is 5.81. The first-order chi connectivity index (χ1) is 4.18. The van der Waals surface area contributed by atoms with Crippen molar-refractivity contribution in [3.63, 3.8) is 0 Å². The summed E-state index contributed by atoms with van der Waals surface area (Å²) >= 11 is -2.63. The van der Waals surface area contributed by atoms with Crippen LogP contribution < -0.4 is 0 Å². The molecule has 0 spiro atoms. The van der Waals surface area contributed by atoms with Gasteiger partial charge >= 0.3 is 53.9 Å². The van der Waals surface area contributed by atoms with Crippen molar-refractivity contribution in [2.24, 2.45) is 0 Å². The van der Waals surface area contributed by atoms with Gasteiger partial charge in [-0.15, -0.1) is 0 Å². The molecule has 1 rings (SSSR count). The van der Waals surface area contributed by atoms with Crippen LogP contribution in [0, 0.1) is 0 Å². The summed E-state index contributed by atoms with van der Waals surface area (Å²) in [6, 6.07) is 0. The molecule has 1 N–H and O–H groups in total. The average Bonchev–Trinajstić information content (AvgIpc) is 1.60. The van der Waals surface area contributed by atoms with E-state index in [0.29, 0.717) is 0 Å². The van der Waals surface area contributed by atoms with Crippen molar-refractivity contribution in [2.45, 2.75) is 0 Å². The summed E-state index contributed by atoms with van der Waals surface area (Å²) in [5, 5.41) is 7.88. The van der Waals surface area contributed by atoms with Crippen molar-refractivity contribution in [1.82, 2.24) is 0 Å². The van der Waals surface area contributed by atoms with E-state index in [1.807, 2.05) is 0 Å². The van der Waals surface area contributed by atoms with Gasteiger partial charge in [0.15, 0.2) is 0 Å². The van der Waals surface area contributed by atoms with E-state index in [2.05, 4.69) is 11.2 Å². The second-order valence-corrected chi connectivity index (χ2v) is 3.10. The molecule has 6 nitrogen and oxygen atoms in total. The third-order valence-corrected chi connectivity index (χ3v) is 2.34. The van der Waals surface area contributed by atoms with Gasteiger partial charge in [0.2, 0.25) is 0 Å². The Morgan fingerprint density at radius 3 is 2.56 bits per heavy atom. The summed E-state index contributed by atoms with van der Waals surface area (Å²) in [4.78, 5) is 19.5. The van der Waals surface area contributed by atoms with E-state index in [1.165, 1.54) is 0 Å². The molecule has 0 aromatic rings. The van der Waals surface area contributed by atoms with Crippen LogP contribution in [0.4, 0.5) is 9.59 Å². The topological polar surface area (TPSA) is 82.1 Å². The number of carboxylic acid groups (broad SMARTS) is 1. The standard InChI is InChI=1S/C2HAsO6/c4-1(5)7-3-8-2(6)9-3/h(H,4,5). The second-order valence-electron chi connectivity index (χ2n) is 1.01. The van der Waals surface area contributed by atoms with Crippen molar-refractivity contribution in [3.8, 4) is 0 Å². The van der Waals surface area contributed by atoms with Crippen LogP contribution in [-0.2, 0) is 11.2 Å². The van der Waals surface area contributed by atoms with Crippen LogP contribution in [0.3, 0.4) is 0 Å². The molecule has 0 atom stereocenters. The Morgan fingerprint density at radius 2 is 2.22 bits per heavy atom. The molecule has 9 heavy (non-hydrogen) atoms. The SMILES string of the molecule is O=C(O)O[As]1OC(=O)O1. The number of rotatable bonds is 1. The van der Waals surface area contributed by atoms with E-state index in [4.69, 9.17) is 5.11 Å². The van der Waals surface area contributed by atoms with Crippen molar-refractivity contribution in [2.75, 3.05) is 0 Å². The van der Waals surface area contributed by atoms with Crippen LogP contribution in [0.25, 0.3) is 0 Å². The first-order valence-corrected chi connectivity index (χ1v) is 4.09. The Balaban J connectivity index is 2.18. The summed E-state index contributed by atoms with van der Waals surface area (Å²) in [6.07, 6.45) is -2.35. The third kappa shape index (κ3) is 1.50. The maximum absolute atomic E-state index is 9.81. The quantitative estimate of drug-likeness (QED) is 0.586. The molecule has 0 amide bonds. The zero-order chi connectivity index (χ0) is 6.85. The monoisotopic (exact) mass is 196 g/mol. The van der Waals surface area contributed by atoms with Gasteiger partial charge in [-0.25, -0.2) is 0 Å². The molecule has 0 aromatic heterocycles. The van der Waals surface area contributed by atoms with Gasteiger partial charge in [0.1, 0.15) is 0 Å². The van der Waals surface area contributed by atoms with E-state index >= 15 is 0 Å². The predicted molar refractivity (Wildman–Crippen MR) is 22.4 cm³/mol. The molecule has 0 bridgehead atoms. The summed E-state index contributed by atoms with van der Waals surface area (Å²) in [5.74, 6) is 0. The molecule has 0 aliphatic carbocycles. The normalized spacial score (nSPS) is 17.1. The van der Waals surface area contributed by atoms with Gasteiger partial charge in [-0.3, -0.25) is 0 Å². The molecular weight excluding hydrogens is 195 g/mol. The molecule has 1 saturated heterocycles. The van der Waals surface area contributed by atoms with Gasteiger partial charge in [0, 0.05) is 0 Å². The van der Waals surface area contributed by atoms with Gasteiger partial charge in [0.25, 0.3) is 0 Å². The van der Waals surface area contributed by atoms with Crippen LogP contribution in [-0.4, -0.2) is 33.1 Å². The van der Waals surface area contributed by atoms with Crippen molar-refractivity contribution >= 4 is 28.0 Å². The molecule has 0 aromatic carbocycles. The number of carbonyl (C=O) groups excluding carboxylic acids is 1. The van der Waals surface area contributed by atoms with Crippen LogP contribution in [0.1, 0.15) is 0 Å². The Labute approximate surface area is 54.6 Å². The van der Waals surface area contributed by atoms with E-state index in [1.54, 1.807) is 0 Å². The average molecular weight is 196 g/mol. The molecule has 50 valence electrons. The third-order valence-electron chi connectivity index (χ3n) is 0.451. The van der Waals surface area contributed by atoms with Gasteiger partial charge < -0.3 is 0 Å². The summed E-state index contributed by atoms with van der Waals surface area (Å²) in [6.45, 7) is 0. The van der Waals surface area contributed by atoms with E-state index in [-0.39, 0.29) is 0 Å². The van der Waals surface area contributed by atoms with Crippen LogP contribution in [0.5, 0.6) is 0 Å². The van der Waals surface area contributed by atoms with Crippen molar-refractivity contribution < 1.29 is 25.9 Å². The number of hydrogen-bond donors (Lipinski definition) is 1. The molecule has 1 aliphatic heterocycles. The van der Waals surface area contributed by atoms with E-state index in [9.17, 15) is 9.59 Å². The van der Waals surface area contributed by atoms with Gasteiger partial charge in [0.05, 0.1) is 0 Å². The Hall–Kier alpha value is -0.902.